The number of nitrogens with zero attached hydrogens (tertiary/aromatic N) is 1. The van der Waals surface area contributed by atoms with E-state index in [1.165, 1.54) is 0 Å². The number of aromatic nitrogens is 1. The van der Waals surface area contributed by atoms with E-state index in [9.17, 15) is 0 Å². The van der Waals surface area contributed by atoms with Gasteiger partial charge in [-0.25, -0.2) is 4.98 Å². The molecule has 1 aromatic carbocycles. The largest absolute Gasteiger partial charge is 0.497 e. The Morgan fingerprint density at radius 2 is 2.00 bits per heavy atom. The number of nitrogen functional groups attached to an aromatic ring is 1. The molecule has 2 rings (SSSR count). The summed E-state index contributed by atoms with van der Waals surface area (Å²) in [7, 11) is 3.16. The number of benzene rings is 1. The van der Waals surface area contributed by atoms with Crippen LogP contribution in [0.5, 0.6) is 11.5 Å². The Morgan fingerprint density at radius 3 is 2.59 bits per heavy atom. The summed E-state index contributed by atoms with van der Waals surface area (Å²) in [5.74, 6) is 1.24. The molecule has 0 radical (unpaired) electrons. The summed E-state index contributed by atoms with van der Waals surface area (Å²) in [6.45, 7) is 0. The fourth-order valence-electron chi connectivity index (χ4n) is 1.60. The molecule has 2 aromatic rings. The van der Waals surface area contributed by atoms with Gasteiger partial charge in [0.2, 0.25) is 0 Å². The maximum absolute atomic E-state index is 7.37. The first kappa shape index (κ1) is 11.2. The first-order valence-corrected chi connectivity index (χ1v) is 5.03. The van der Waals surface area contributed by atoms with E-state index in [1.54, 1.807) is 26.4 Å². The van der Waals surface area contributed by atoms with Crippen molar-refractivity contribution >= 4 is 16.7 Å². The summed E-state index contributed by atoms with van der Waals surface area (Å²) in [5.41, 5.74) is 6.51. The van der Waals surface area contributed by atoms with E-state index in [0.29, 0.717) is 22.7 Å². The van der Waals surface area contributed by atoms with E-state index in [4.69, 9.17) is 20.6 Å². The summed E-state index contributed by atoms with van der Waals surface area (Å²) in [6.07, 6.45) is 0. The summed E-state index contributed by atoms with van der Waals surface area (Å²) in [4.78, 5) is 4.29. The Hall–Kier alpha value is -2.30. The van der Waals surface area contributed by atoms with Gasteiger partial charge in [0.15, 0.2) is 0 Å². The lowest BCUT2D eigenvalue weighted by Crippen LogP contribution is -2.13. The van der Waals surface area contributed by atoms with Crippen LogP contribution < -0.4 is 15.2 Å². The van der Waals surface area contributed by atoms with Gasteiger partial charge in [-0.1, -0.05) is 6.07 Å². The van der Waals surface area contributed by atoms with Crippen molar-refractivity contribution in [2.24, 2.45) is 5.73 Å². The van der Waals surface area contributed by atoms with E-state index in [2.05, 4.69) is 4.98 Å². The highest BCUT2D eigenvalue weighted by Crippen LogP contribution is 2.29. The van der Waals surface area contributed by atoms with Crippen LogP contribution in [0.3, 0.4) is 0 Å². The summed E-state index contributed by atoms with van der Waals surface area (Å²) in [5, 5.41) is 8.25. The van der Waals surface area contributed by atoms with E-state index < -0.39 is 0 Å². The maximum Gasteiger partial charge on any atom is 0.148 e. The van der Waals surface area contributed by atoms with Crippen LogP contribution in [0.15, 0.2) is 24.3 Å². The number of pyridine rings is 1. The van der Waals surface area contributed by atoms with Gasteiger partial charge in [0.05, 0.1) is 14.2 Å². The average molecular weight is 231 g/mol. The molecule has 0 aliphatic carbocycles. The molecular formula is C12H13N3O2. The van der Waals surface area contributed by atoms with Gasteiger partial charge in [-0.2, -0.15) is 0 Å². The van der Waals surface area contributed by atoms with Crippen molar-refractivity contribution in [2.75, 3.05) is 14.2 Å². The van der Waals surface area contributed by atoms with E-state index in [1.807, 2.05) is 12.1 Å². The number of nitrogens with two attached hydrogens (primary N) is 1. The van der Waals surface area contributed by atoms with Crippen molar-refractivity contribution < 1.29 is 9.47 Å². The van der Waals surface area contributed by atoms with Gasteiger partial charge < -0.3 is 15.2 Å². The Labute approximate surface area is 98.7 Å². The SMILES string of the molecule is COc1cc(OC)c2nc(C(=N)N)ccc2c1. The van der Waals surface area contributed by atoms with Gasteiger partial charge in [0, 0.05) is 11.5 Å². The number of methoxy groups -OCH3 is 2. The molecule has 3 N–H and O–H groups in total. The van der Waals surface area contributed by atoms with Gasteiger partial charge >= 0.3 is 0 Å². The molecule has 0 amide bonds. The van der Waals surface area contributed by atoms with Crippen LogP contribution in [0.2, 0.25) is 0 Å². The third-order valence-corrected chi connectivity index (χ3v) is 2.46. The molecule has 0 spiro atoms. The molecule has 0 saturated heterocycles. The highest BCUT2D eigenvalue weighted by atomic mass is 16.5. The van der Waals surface area contributed by atoms with Crippen molar-refractivity contribution in [1.29, 1.82) is 5.41 Å². The van der Waals surface area contributed by atoms with Crippen LogP contribution in [0.25, 0.3) is 10.9 Å². The summed E-state index contributed by atoms with van der Waals surface area (Å²) in [6, 6.07) is 7.14. The Balaban J connectivity index is 2.71. The fraction of sp³-hybridized carbons (Fsp3) is 0.167. The van der Waals surface area contributed by atoms with Gasteiger partial charge in [-0.3, -0.25) is 5.41 Å². The van der Waals surface area contributed by atoms with Crippen LogP contribution in [0, 0.1) is 5.41 Å². The van der Waals surface area contributed by atoms with Crippen molar-refractivity contribution in [3.8, 4) is 11.5 Å². The van der Waals surface area contributed by atoms with Crippen LogP contribution in [-0.2, 0) is 0 Å². The molecule has 0 saturated carbocycles. The minimum Gasteiger partial charge on any atom is -0.497 e. The zero-order valence-electron chi connectivity index (χ0n) is 9.65. The normalized spacial score (nSPS) is 10.2. The Bertz CT molecular complexity index is 581. The highest BCUT2D eigenvalue weighted by Gasteiger charge is 2.08. The van der Waals surface area contributed by atoms with Crippen molar-refractivity contribution in [1.82, 2.24) is 4.98 Å². The number of fused-ring (bicyclic) bond motifs is 1. The van der Waals surface area contributed by atoms with Gasteiger partial charge in [-0.15, -0.1) is 0 Å². The number of hydrogen-bond donors (Lipinski definition) is 2. The molecule has 1 aromatic heterocycles. The Morgan fingerprint density at radius 1 is 1.24 bits per heavy atom. The number of rotatable bonds is 3. The number of hydrogen-bond acceptors (Lipinski definition) is 4. The Kier molecular flexibility index (Phi) is 2.82. The first-order chi connectivity index (χ1) is 8.15. The van der Waals surface area contributed by atoms with Gasteiger partial charge in [0.25, 0.3) is 0 Å². The molecule has 0 aliphatic rings. The molecule has 5 nitrogen and oxygen atoms in total. The third-order valence-electron chi connectivity index (χ3n) is 2.46. The molecule has 0 aliphatic heterocycles. The number of nitrogens with one attached hydrogen (secondary N) is 1. The smallest absolute Gasteiger partial charge is 0.148 e. The molecule has 0 atom stereocenters. The fourth-order valence-corrected chi connectivity index (χ4v) is 1.60. The van der Waals surface area contributed by atoms with Crippen LogP contribution >= 0.6 is 0 Å². The molecule has 0 unspecified atom stereocenters. The quantitative estimate of drug-likeness (QED) is 0.620. The van der Waals surface area contributed by atoms with Crippen molar-refractivity contribution in [3.05, 3.63) is 30.0 Å². The van der Waals surface area contributed by atoms with E-state index in [0.717, 1.165) is 5.39 Å². The number of amidine groups is 1. The maximum atomic E-state index is 7.37. The van der Waals surface area contributed by atoms with E-state index in [-0.39, 0.29) is 5.84 Å². The predicted octanol–water partition coefficient (Wildman–Crippen LogP) is 1.54. The average Bonchev–Trinajstić information content (AvgIpc) is 2.36. The standard InChI is InChI=1S/C12H13N3O2/c1-16-8-5-7-3-4-9(12(13)14)15-11(7)10(6-8)17-2/h3-6H,1-2H3,(H3,13,14). The second kappa shape index (κ2) is 4.29. The molecule has 1 heterocycles. The second-order valence-electron chi connectivity index (χ2n) is 3.51. The van der Waals surface area contributed by atoms with Gasteiger partial charge in [0.1, 0.15) is 28.5 Å². The molecule has 88 valence electrons. The lowest BCUT2D eigenvalue weighted by Gasteiger charge is -2.09. The second-order valence-corrected chi connectivity index (χ2v) is 3.51. The topological polar surface area (TPSA) is 81.2 Å². The highest BCUT2D eigenvalue weighted by molar-refractivity contribution is 5.96. The third kappa shape index (κ3) is 1.99. The first-order valence-electron chi connectivity index (χ1n) is 5.03. The number of ether oxygens (including phenoxy) is 2. The minimum atomic E-state index is -0.0650. The van der Waals surface area contributed by atoms with Crippen LogP contribution in [0.1, 0.15) is 5.69 Å². The van der Waals surface area contributed by atoms with Crippen molar-refractivity contribution in [3.63, 3.8) is 0 Å². The molecule has 0 fully saturated rings. The van der Waals surface area contributed by atoms with Gasteiger partial charge in [-0.05, 0) is 12.1 Å². The summed E-state index contributed by atoms with van der Waals surface area (Å²) < 4.78 is 10.4. The van der Waals surface area contributed by atoms with Crippen LogP contribution in [-0.4, -0.2) is 25.0 Å². The predicted molar refractivity (Wildman–Crippen MR) is 65.9 cm³/mol. The molecule has 0 bridgehead atoms. The monoisotopic (exact) mass is 231 g/mol. The lowest BCUT2D eigenvalue weighted by molar-refractivity contribution is 0.397. The van der Waals surface area contributed by atoms with Crippen molar-refractivity contribution in [2.45, 2.75) is 0 Å². The minimum absolute atomic E-state index is 0.0650. The summed E-state index contributed by atoms with van der Waals surface area (Å²) >= 11 is 0. The molecule has 5 heteroatoms. The van der Waals surface area contributed by atoms with E-state index >= 15 is 0 Å². The molecular weight excluding hydrogens is 218 g/mol. The van der Waals surface area contributed by atoms with Crippen LogP contribution in [0.4, 0.5) is 0 Å². The molecule has 17 heavy (non-hydrogen) atoms. The lowest BCUT2D eigenvalue weighted by atomic mass is 10.1. The zero-order valence-corrected chi connectivity index (χ0v) is 9.65. The zero-order chi connectivity index (χ0) is 12.4.